The molecule has 35 heavy (non-hydrogen) atoms. The zero-order chi connectivity index (χ0) is 24.9. The van der Waals surface area contributed by atoms with Gasteiger partial charge in [0.15, 0.2) is 6.10 Å². The maximum absolute atomic E-state index is 12.7. The molecule has 0 saturated carbocycles. The van der Waals surface area contributed by atoms with Crippen LogP contribution in [0.5, 0.6) is 0 Å². The average Bonchev–Trinajstić information content (AvgIpc) is 3.18. The van der Waals surface area contributed by atoms with Crippen molar-refractivity contribution in [3.8, 4) is 11.1 Å². The van der Waals surface area contributed by atoms with Gasteiger partial charge in [0.25, 0.3) is 5.91 Å². The molecule has 2 amide bonds. The van der Waals surface area contributed by atoms with Crippen LogP contribution in [0.25, 0.3) is 11.1 Å². The van der Waals surface area contributed by atoms with E-state index >= 15 is 0 Å². The number of anilines is 1. The van der Waals surface area contributed by atoms with Crippen LogP contribution in [0.4, 0.5) is 10.5 Å². The number of rotatable bonds is 8. The van der Waals surface area contributed by atoms with Crippen molar-refractivity contribution < 1.29 is 29.0 Å². The summed E-state index contributed by atoms with van der Waals surface area (Å²) in [6.45, 7) is 0.0398. The van der Waals surface area contributed by atoms with Crippen molar-refractivity contribution in [2.75, 3.05) is 25.6 Å². The number of benzene rings is 3. The number of carboxylic acid groups (broad SMARTS) is 1. The second-order valence-electron chi connectivity index (χ2n) is 7.92. The first-order valence-electron chi connectivity index (χ1n) is 10.8. The quantitative estimate of drug-likeness (QED) is 0.336. The lowest BCUT2D eigenvalue weighted by atomic mass is 9.98. The number of nitrogens with one attached hydrogen (secondary N) is 2. The number of hydrogen-bond donors (Lipinski definition) is 3. The minimum atomic E-state index is -1.10. The molecule has 1 unspecified atom stereocenters. The van der Waals surface area contributed by atoms with Crippen LogP contribution in [0.2, 0.25) is 0 Å². The third-order valence-corrected chi connectivity index (χ3v) is 6.76. The standard InChI is InChI=1S/C26H23IN2O6/c1-34-23(24(30)29-22-12-15(25(31)32)10-11-21(22)27)13-28-26(33)35-14-20-18-8-4-2-6-16(18)17-7-3-5-9-19(17)20/h2-12,20,23H,13-14H2,1H3,(H,28,33)(H,29,30)(H,31,32). The zero-order valence-electron chi connectivity index (χ0n) is 18.8. The molecule has 1 atom stereocenters. The van der Waals surface area contributed by atoms with Crippen molar-refractivity contribution in [3.05, 3.63) is 87.0 Å². The molecule has 0 fully saturated rings. The highest BCUT2D eigenvalue weighted by Crippen LogP contribution is 2.44. The van der Waals surface area contributed by atoms with E-state index in [4.69, 9.17) is 9.47 Å². The summed E-state index contributed by atoms with van der Waals surface area (Å²) in [7, 11) is 1.35. The molecule has 1 aliphatic rings. The van der Waals surface area contributed by atoms with E-state index in [1.54, 1.807) is 6.07 Å². The Morgan fingerprint density at radius 2 is 1.63 bits per heavy atom. The molecule has 0 heterocycles. The van der Waals surface area contributed by atoms with Crippen LogP contribution < -0.4 is 10.6 Å². The Kier molecular flexibility index (Phi) is 7.67. The fourth-order valence-corrected chi connectivity index (χ4v) is 4.55. The van der Waals surface area contributed by atoms with Crippen LogP contribution in [0.1, 0.15) is 27.4 Å². The van der Waals surface area contributed by atoms with Crippen LogP contribution in [-0.2, 0) is 14.3 Å². The van der Waals surface area contributed by atoms with Gasteiger partial charge >= 0.3 is 12.1 Å². The topological polar surface area (TPSA) is 114 Å². The third kappa shape index (κ3) is 5.46. The molecule has 1 aliphatic carbocycles. The summed E-state index contributed by atoms with van der Waals surface area (Å²) in [5, 5.41) is 14.4. The number of carbonyl (C=O) groups excluding carboxylic acids is 2. The molecule has 0 saturated heterocycles. The Hall–Kier alpha value is -3.44. The van der Waals surface area contributed by atoms with E-state index in [1.807, 2.05) is 59.0 Å². The van der Waals surface area contributed by atoms with Crippen molar-refractivity contribution in [1.29, 1.82) is 0 Å². The van der Waals surface area contributed by atoms with E-state index in [1.165, 1.54) is 19.2 Å². The van der Waals surface area contributed by atoms with Crippen LogP contribution >= 0.6 is 22.6 Å². The van der Waals surface area contributed by atoms with Gasteiger partial charge in [0.1, 0.15) is 6.61 Å². The van der Waals surface area contributed by atoms with E-state index in [0.29, 0.717) is 9.26 Å². The molecular formula is C26H23IN2O6. The summed E-state index contributed by atoms with van der Waals surface area (Å²) in [6, 6.07) is 20.5. The van der Waals surface area contributed by atoms with E-state index in [-0.39, 0.29) is 24.6 Å². The molecule has 180 valence electrons. The molecule has 8 nitrogen and oxygen atoms in total. The summed E-state index contributed by atoms with van der Waals surface area (Å²) >= 11 is 1.99. The van der Waals surface area contributed by atoms with Crippen LogP contribution in [0, 0.1) is 3.57 Å². The smallest absolute Gasteiger partial charge is 0.407 e. The maximum atomic E-state index is 12.7. The lowest BCUT2D eigenvalue weighted by Gasteiger charge is -2.18. The van der Waals surface area contributed by atoms with Gasteiger partial charge in [-0.05, 0) is 63.0 Å². The second-order valence-corrected chi connectivity index (χ2v) is 9.08. The molecule has 0 bridgehead atoms. The van der Waals surface area contributed by atoms with Gasteiger partial charge in [0.2, 0.25) is 0 Å². The van der Waals surface area contributed by atoms with Gasteiger partial charge < -0.3 is 25.2 Å². The monoisotopic (exact) mass is 586 g/mol. The highest BCUT2D eigenvalue weighted by Gasteiger charge is 2.29. The summed E-state index contributed by atoms with van der Waals surface area (Å²) in [5.74, 6) is -1.69. The van der Waals surface area contributed by atoms with Gasteiger partial charge in [0.05, 0.1) is 17.8 Å². The first-order valence-corrected chi connectivity index (χ1v) is 11.9. The van der Waals surface area contributed by atoms with Crippen molar-refractivity contribution >= 4 is 46.2 Å². The van der Waals surface area contributed by atoms with Crippen LogP contribution in [0.15, 0.2) is 66.7 Å². The number of aromatic carboxylic acids is 1. The Labute approximate surface area is 215 Å². The molecule has 0 aromatic heterocycles. The minimum absolute atomic E-state index is 0.0476. The molecule has 3 aromatic rings. The van der Waals surface area contributed by atoms with Crippen molar-refractivity contribution in [2.45, 2.75) is 12.0 Å². The summed E-state index contributed by atoms with van der Waals surface area (Å²) in [6.07, 6.45) is -1.66. The number of hydrogen-bond acceptors (Lipinski definition) is 5. The number of halogens is 1. The SMILES string of the molecule is COC(CNC(=O)OCC1c2ccccc2-c2ccccc21)C(=O)Nc1cc(C(=O)O)ccc1I. The highest BCUT2D eigenvalue weighted by molar-refractivity contribution is 14.1. The van der Waals surface area contributed by atoms with Gasteiger partial charge in [0, 0.05) is 16.6 Å². The Morgan fingerprint density at radius 3 is 2.23 bits per heavy atom. The number of methoxy groups -OCH3 is 1. The van der Waals surface area contributed by atoms with Gasteiger partial charge in [-0.2, -0.15) is 0 Å². The molecule has 0 radical (unpaired) electrons. The highest BCUT2D eigenvalue weighted by atomic mass is 127. The number of ether oxygens (including phenoxy) is 2. The summed E-state index contributed by atoms with van der Waals surface area (Å²) in [4.78, 5) is 36.3. The number of carboxylic acids is 1. The van der Waals surface area contributed by atoms with Crippen molar-refractivity contribution in [1.82, 2.24) is 5.32 Å². The lowest BCUT2D eigenvalue weighted by Crippen LogP contribution is -2.41. The fraction of sp³-hybridized carbons (Fsp3) is 0.192. The number of amides is 2. The molecule has 4 rings (SSSR count). The van der Waals surface area contributed by atoms with Crippen LogP contribution in [-0.4, -0.2) is 49.4 Å². The molecule has 0 aliphatic heterocycles. The van der Waals surface area contributed by atoms with Crippen molar-refractivity contribution in [3.63, 3.8) is 0 Å². The second kappa shape index (κ2) is 10.9. The summed E-state index contributed by atoms with van der Waals surface area (Å²) < 4.78 is 11.4. The number of carbonyl (C=O) groups is 3. The van der Waals surface area contributed by atoms with Gasteiger partial charge in [-0.3, -0.25) is 4.79 Å². The van der Waals surface area contributed by atoms with E-state index < -0.39 is 24.1 Å². The minimum Gasteiger partial charge on any atom is -0.478 e. The fourth-order valence-electron chi connectivity index (χ4n) is 4.08. The third-order valence-electron chi connectivity index (χ3n) is 5.82. The van der Waals surface area contributed by atoms with E-state index in [9.17, 15) is 19.5 Å². The van der Waals surface area contributed by atoms with Crippen LogP contribution in [0.3, 0.4) is 0 Å². The maximum Gasteiger partial charge on any atom is 0.407 e. The first-order chi connectivity index (χ1) is 16.9. The predicted octanol–water partition coefficient (Wildman–Crippen LogP) is 4.48. The molecular weight excluding hydrogens is 563 g/mol. The molecule has 3 N–H and O–H groups in total. The number of alkyl carbamates (subject to hydrolysis) is 1. The lowest BCUT2D eigenvalue weighted by molar-refractivity contribution is -0.125. The average molecular weight is 586 g/mol. The molecule has 9 heteroatoms. The van der Waals surface area contributed by atoms with Crippen molar-refractivity contribution in [2.24, 2.45) is 0 Å². The van der Waals surface area contributed by atoms with Gasteiger partial charge in [-0.1, -0.05) is 48.5 Å². The van der Waals surface area contributed by atoms with Gasteiger partial charge in [-0.25, -0.2) is 9.59 Å². The van der Waals surface area contributed by atoms with Gasteiger partial charge in [-0.15, -0.1) is 0 Å². The summed E-state index contributed by atoms with van der Waals surface area (Å²) in [5.41, 5.74) is 4.87. The predicted molar refractivity (Wildman–Crippen MR) is 139 cm³/mol. The number of fused-ring (bicyclic) bond motifs is 3. The Morgan fingerprint density at radius 1 is 1.00 bits per heavy atom. The van der Waals surface area contributed by atoms with E-state index in [2.05, 4.69) is 22.8 Å². The first kappa shape index (κ1) is 24.7. The Bertz CT molecular complexity index is 1230. The molecule has 0 spiro atoms. The Balaban J connectivity index is 1.34. The largest absolute Gasteiger partial charge is 0.478 e. The van der Waals surface area contributed by atoms with E-state index in [0.717, 1.165) is 22.3 Å². The normalized spacial score (nSPS) is 12.9. The zero-order valence-corrected chi connectivity index (χ0v) is 20.9. The molecule has 3 aromatic carbocycles.